The highest BCUT2D eigenvalue weighted by molar-refractivity contribution is 5.91. The first-order valence-electron chi connectivity index (χ1n) is 8.41. The van der Waals surface area contributed by atoms with Crippen molar-refractivity contribution in [1.29, 1.82) is 0 Å². The number of carboxylic acid groups (broad SMARTS) is 1. The van der Waals surface area contributed by atoms with Crippen molar-refractivity contribution in [2.75, 3.05) is 6.54 Å². The van der Waals surface area contributed by atoms with Crippen LogP contribution in [0, 0.1) is 0 Å². The van der Waals surface area contributed by atoms with E-state index in [9.17, 15) is 14.4 Å². The van der Waals surface area contributed by atoms with Gasteiger partial charge in [-0.25, -0.2) is 0 Å². The molecule has 0 radical (unpaired) electrons. The van der Waals surface area contributed by atoms with Crippen LogP contribution in [0.25, 0.3) is 0 Å². The number of carbonyl (C=O) groups is 3. The van der Waals surface area contributed by atoms with Gasteiger partial charge in [0.15, 0.2) is 5.76 Å². The number of carboxylic acids is 1. The number of hydrogen-bond acceptors (Lipinski definition) is 4. The third-order valence-corrected chi connectivity index (χ3v) is 3.78. The highest BCUT2D eigenvalue weighted by Crippen LogP contribution is 2.08. The molecule has 0 saturated heterocycles. The Bertz CT molecular complexity index is 713. The summed E-state index contributed by atoms with van der Waals surface area (Å²) in [6.45, 7) is 0.169. The molecule has 0 saturated carbocycles. The van der Waals surface area contributed by atoms with Gasteiger partial charge in [-0.15, -0.1) is 0 Å². The van der Waals surface area contributed by atoms with Crippen LogP contribution in [0.2, 0.25) is 0 Å². The van der Waals surface area contributed by atoms with Gasteiger partial charge in [0.25, 0.3) is 5.91 Å². The average Bonchev–Trinajstić information content (AvgIpc) is 3.15. The van der Waals surface area contributed by atoms with Gasteiger partial charge in [0, 0.05) is 25.4 Å². The summed E-state index contributed by atoms with van der Waals surface area (Å²) in [5, 5.41) is 14.3. The molecule has 1 aromatic heterocycles. The Labute approximate surface area is 151 Å². The Morgan fingerprint density at radius 3 is 2.46 bits per heavy atom. The van der Waals surface area contributed by atoms with Crippen LogP contribution in [-0.4, -0.2) is 35.5 Å². The summed E-state index contributed by atoms with van der Waals surface area (Å²) in [6, 6.07) is 12.4. The van der Waals surface area contributed by atoms with Crippen LogP contribution in [0.3, 0.4) is 0 Å². The zero-order chi connectivity index (χ0) is 18.8. The lowest BCUT2D eigenvalue weighted by Crippen LogP contribution is -2.38. The predicted molar refractivity (Wildman–Crippen MR) is 94.6 cm³/mol. The van der Waals surface area contributed by atoms with E-state index in [2.05, 4.69) is 10.6 Å². The first-order chi connectivity index (χ1) is 12.5. The van der Waals surface area contributed by atoms with Gasteiger partial charge < -0.3 is 20.2 Å². The Balaban J connectivity index is 1.80. The van der Waals surface area contributed by atoms with Crippen LogP contribution in [0.4, 0.5) is 0 Å². The molecule has 1 aromatic carbocycles. The summed E-state index contributed by atoms with van der Waals surface area (Å²) < 4.78 is 4.97. The minimum absolute atomic E-state index is 0.0208. The number of carbonyl (C=O) groups excluding carboxylic acids is 2. The maximum absolute atomic E-state index is 12.1. The summed E-state index contributed by atoms with van der Waals surface area (Å²) in [7, 11) is 0. The fourth-order valence-corrected chi connectivity index (χ4v) is 2.51. The molecule has 0 aliphatic rings. The maximum Gasteiger partial charge on any atom is 0.303 e. The first kappa shape index (κ1) is 19.2. The van der Waals surface area contributed by atoms with Gasteiger partial charge in [0.1, 0.15) is 0 Å². The van der Waals surface area contributed by atoms with E-state index >= 15 is 0 Å². The van der Waals surface area contributed by atoms with Crippen LogP contribution in [0.5, 0.6) is 0 Å². The van der Waals surface area contributed by atoms with Gasteiger partial charge in [-0.05, 0) is 30.5 Å². The summed E-state index contributed by atoms with van der Waals surface area (Å²) >= 11 is 0. The van der Waals surface area contributed by atoms with Crippen molar-refractivity contribution in [2.45, 2.75) is 31.7 Å². The van der Waals surface area contributed by atoms with E-state index in [0.717, 1.165) is 5.56 Å². The van der Waals surface area contributed by atoms with Gasteiger partial charge in [-0.1, -0.05) is 30.3 Å². The van der Waals surface area contributed by atoms with Crippen molar-refractivity contribution in [3.63, 3.8) is 0 Å². The molecule has 3 N–H and O–H groups in total. The third kappa shape index (κ3) is 6.80. The molecule has 2 aromatic rings. The monoisotopic (exact) mass is 358 g/mol. The molecular formula is C19H22N2O5. The Kier molecular flexibility index (Phi) is 7.42. The van der Waals surface area contributed by atoms with Gasteiger partial charge in [0.05, 0.1) is 6.26 Å². The third-order valence-electron chi connectivity index (χ3n) is 3.78. The van der Waals surface area contributed by atoms with Crippen molar-refractivity contribution < 1.29 is 23.9 Å². The second-order valence-electron chi connectivity index (χ2n) is 5.87. The highest BCUT2D eigenvalue weighted by atomic mass is 16.4. The average molecular weight is 358 g/mol. The van der Waals surface area contributed by atoms with Crippen molar-refractivity contribution in [3.05, 3.63) is 60.1 Å². The molecule has 7 nitrogen and oxygen atoms in total. The zero-order valence-corrected chi connectivity index (χ0v) is 14.3. The minimum atomic E-state index is -0.900. The number of furan rings is 1. The Morgan fingerprint density at radius 2 is 1.81 bits per heavy atom. The molecule has 26 heavy (non-hydrogen) atoms. The van der Waals surface area contributed by atoms with Gasteiger partial charge >= 0.3 is 5.97 Å². The summed E-state index contributed by atoms with van der Waals surface area (Å²) in [5.74, 6) is -1.33. The second kappa shape index (κ2) is 10.0. The number of amides is 2. The predicted octanol–water partition coefficient (Wildman–Crippen LogP) is 1.99. The molecule has 2 rings (SSSR count). The molecule has 0 aliphatic heterocycles. The fourth-order valence-electron chi connectivity index (χ4n) is 2.51. The molecule has 138 valence electrons. The Hall–Kier alpha value is -3.09. The molecule has 1 atom stereocenters. The van der Waals surface area contributed by atoms with Crippen LogP contribution < -0.4 is 10.6 Å². The molecule has 0 bridgehead atoms. The SMILES string of the molecule is O=C(O)CCC(Cc1ccccc1)NC(=O)CCNC(=O)c1ccco1. The van der Waals surface area contributed by atoms with E-state index < -0.39 is 5.97 Å². The largest absolute Gasteiger partial charge is 0.481 e. The van der Waals surface area contributed by atoms with Crippen LogP contribution in [-0.2, 0) is 16.0 Å². The summed E-state index contributed by atoms with van der Waals surface area (Å²) in [4.78, 5) is 34.7. The van der Waals surface area contributed by atoms with Crippen molar-refractivity contribution in [3.8, 4) is 0 Å². The van der Waals surface area contributed by atoms with E-state index in [0.29, 0.717) is 12.8 Å². The number of benzene rings is 1. The van der Waals surface area contributed by atoms with E-state index in [1.54, 1.807) is 6.07 Å². The molecule has 2 amide bonds. The number of rotatable bonds is 10. The normalized spacial score (nSPS) is 11.5. The van der Waals surface area contributed by atoms with Gasteiger partial charge in [-0.2, -0.15) is 0 Å². The molecule has 0 fully saturated rings. The number of aliphatic carboxylic acids is 1. The topological polar surface area (TPSA) is 109 Å². The standard InChI is InChI=1S/C19H22N2O5/c22-17(10-11-20-19(25)16-7-4-12-26-16)21-15(8-9-18(23)24)13-14-5-2-1-3-6-14/h1-7,12,15H,8-11,13H2,(H,20,25)(H,21,22)(H,23,24). The summed E-state index contributed by atoms with van der Waals surface area (Å²) in [5.41, 5.74) is 1.02. The lowest BCUT2D eigenvalue weighted by atomic mass is 10.0. The second-order valence-corrected chi connectivity index (χ2v) is 5.87. The summed E-state index contributed by atoms with van der Waals surface area (Å²) in [6.07, 6.45) is 2.38. The number of hydrogen-bond donors (Lipinski definition) is 3. The highest BCUT2D eigenvalue weighted by Gasteiger charge is 2.15. The number of nitrogens with one attached hydrogen (secondary N) is 2. The molecule has 0 aliphatic carbocycles. The van der Waals surface area contributed by atoms with E-state index in [-0.39, 0.29) is 43.0 Å². The van der Waals surface area contributed by atoms with Crippen LogP contribution >= 0.6 is 0 Å². The minimum Gasteiger partial charge on any atom is -0.481 e. The lowest BCUT2D eigenvalue weighted by molar-refractivity contribution is -0.137. The van der Waals surface area contributed by atoms with E-state index in [1.807, 2.05) is 30.3 Å². The van der Waals surface area contributed by atoms with Crippen molar-refractivity contribution >= 4 is 17.8 Å². The molecule has 7 heteroatoms. The molecule has 0 spiro atoms. The molecule has 1 unspecified atom stereocenters. The maximum atomic E-state index is 12.1. The zero-order valence-electron chi connectivity index (χ0n) is 14.3. The Morgan fingerprint density at radius 1 is 1.04 bits per heavy atom. The van der Waals surface area contributed by atoms with Gasteiger partial charge in [-0.3, -0.25) is 14.4 Å². The van der Waals surface area contributed by atoms with Crippen molar-refractivity contribution in [1.82, 2.24) is 10.6 Å². The smallest absolute Gasteiger partial charge is 0.303 e. The quantitative estimate of drug-likeness (QED) is 0.602. The molecule has 1 heterocycles. The fraction of sp³-hybridized carbons (Fsp3) is 0.316. The molecular weight excluding hydrogens is 336 g/mol. The van der Waals surface area contributed by atoms with Crippen LogP contribution in [0.15, 0.2) is 53.1 Å². The van der Waals surface area contributed by atoms with Gasteiger partial charge in [0.2, 0.25) is 5.91 Å². The van der Waals surface area contributed by atoms with E-state index in [4.69, 9.17) is 9.52 Å². The van der Waals surface area contributed by atoms with Crippen LogP contribution in [0.1, 0.15) is 35.4 Å². The van der Waals surface area contributed by atoms with E-state index in [1.165, 1.54) is 12.3 Å². The first-order valence-corrected chi connectivity index (χ1v) is 8.41. The lowest BCUT2D eigenvalue weighted by Gasteiger charge is -2.18. The van der Waals surface area contributed by atoms with Crippen molar-refractivity contribution in [2.24, 2.45) is 0 Å².